The highest BCUT2D eigenvalue weighted by Gasteiger charge is 2.25. The number of carbonyl (C=O) groups excluding carboxylic acids is 1. The molecule has 0 saturated heterocycles. The van der Waals surface area contributed by atoms with E-state index in [9.17, 15) is 4.79 Å². The molecule has 3 heteroatoms. The molecule has 102 valence electrons. The van der Waals surface area contributed by atoms with Crippen LogP contribution in [0.1, 0.15) is 30.7 Å². The minimum atomic E-state index is 0.0222. The average Bonchev–Trinajstić information content (AvgIpc) is 2.74. The first-order chi connectivity index (χ1) is 8.99. The molecule has 0 spiro atoms. The third-order valence-corrected chi connectivity index (χ3v) is 4.71. The zero-order valence-electron chi connectivity index (χ0n) is 12.1. The fraction of sp³-hybridized carbons (Fsp3) is 0.438. The van der Waals surface area contributed by atoms with Crippen LogP contribution in [-0.2, 0) is 11.3 Å². The van der Waals surface area contributed by atoms with E-state index in [0.717, 1.165) is 13.0 Å². The summed E-state index contributed by atoms with van der Waals surface area (Å²) in [5.41, 5.74) is 3.72. The van der Waals surface area contributed by atoms with Crippen molar-refractivity contribution in [2.24, 2.45) is 5.92 Å². The van der Waals surface area contributed by atoms with Gasteiger partial charge in [-0.05, 0) is 44.2 Å². The molecule has 0 saturated carbocycles. The number of hydrogen-bond donors (Lipinski definition) is 0. The van der Waals surface area contributed by atoms with E-state index in [0.29, 0.717) is 0 Å². The summed E-state index contributed by atoms with van der Waals surface area (Å²) < 4.78 is 0. The Morgan fingerprint density at radius 3 is 2.74 bits per heavy atom. The van der Waals surface area contributed by atoms with Gasteiger partial charge in [-0.25, -0.2) is 0 Å². The van der Waals surface area contributed by atoms with Crippen LogP contribution in [0, 0.1) is 12.8 Å². The number of aryl methyl sites for hydroxylation is 1. The lowest BCUT2D eigenvalue weighted by molar-refractivity contribution is -0.133. The van der Waals surface area contributed by atoms with Crippen molar-refractivity contribution >= 4 is 17.2 Å². The predicted octanol–water partition coefficient (Wildman–Crippen LogP) is 3.93. The lowest BCUT2D eigenvalue weighted by atomic mass is 9.89. The molecule has 2 nitrogen and oxygen atoms in total. The number of amides is 1. The highest BCUT2D eigenvalue weighted by atomic mass is 32.1. The van der Waals surface area contributed by atoms with Crippen LogP contribution in [0.25, 0.3) is 0 Å². The molecule has 0 N–H and O–H groups in total. The Morgan fingerprint density at radius 1 is 1.42 bits per heavy atom. The second-order valence-corrected chi connectivity index (χ2v) is 6.35. The minimum absolute atomic E-state index is 0.0222. The van der Waals surface area contributed by atoms with Crippen LogP contribution >= 0.6 is 11.3 Å². The molecular weight excluding hydrogens is 254 g/mol. The third kappa shape index (κ3) is 3.16. The van der Waals surface area contributed by atoms with Gasteiger partial charge in [-0.2, -0.15) is 0 Å². The van der Waals surface area contributed by atoms with Crippen molar-refractivity contribution in [1.82, 2.24) is 4.90 Å². The molecular formula is C16H21NOS. The molecule has 1 heterocycles. The maximum Gasteiger partial charge on any atom is 0.230 e. The highest BCUT2D eigenvalue weighted by Crippen LogP contribution is 2.26. The topological polar surface area (TPSA) is 20.3 Å². The van der Waals surface area contributed by atoms with E-state index < -0.39 is 0 Å². The monoisotopic (exact) mass is 275 g/mol. The second kappa shape index (κ2) is 5.74. The maximum atomic E-state index is 12.5. The summed E-state index contributed by atoms with van der Waals surface area (Å²) in [5, 5.41) is 2.08. The highest BCUT2D eigenvalue weighted by molar-refractivity contribution is 7.10. The fourth-order valence-electron chi connectivity index (χ4n) is 2.43. The van der Waals surface area contributed by atoms with Gasteiger partial charge in [0.25, 0.3) is 0 Å². The molecule has 0 bridgehead atoms. The first-order valence-electron chi connectivity index (χ1n) is 6.62. The summed E-state index contributed by atoms with van der Waals surface area (Å²) in [7, 11) is 1.90. The van der Waals surface area contributed by atoms with Crippen molar-refractivity contribution in [2.45, 2.75) is 33.7 Å². The standard InChI is InChI=1S/C16H21NOS/c1-11-5-6-14(13(3)9-11)16(18)17(4)10-15-12(2)7-8-19-15/h5,7-9,14H,6,10H2,1-4H3. The van der Waals surface area contributed by atoms with Crippen LogP contribution in [0.2, 0.25) is 0 Å². The van der Waals surface area contributed by atoms with Gasteiger partial charge < -0.3 is 4.90 Å². The number of hydrogen-bond acceptors (Lipinski definition) is 2. The first kappa shape index (κ1) is 14.1. The average molecular weight is 275 g/mol. The quantitative estimate of drug-likeness (QED) is 0.818. The van der Waals surface area contributed by atoms with Crippen LogP contribution in [0.3, 0.4) is 0 Å². The predicted molar refractivity (Wildman–Crippen MR) is 81.2 cm³/mol. The van der Waals surface area contributed by atoms with E-state index in [1.807, 2.05) is 11.9 Å². The van der Waals surface area contributed by atoms with Crippen molar-refractivity contribution < 1.29 is 4.79 Å². The molecule has 0 fully saturated rings. The summed E-state index contributed by atoms with van der Waals surface area (Å²) in [5.74, 6) is 0.249. The van der Waals surface area contributed by atoms with E-state index in [4.69, 9.17) is 0 Å². The van der Waals surface area contributed by atoms with E-state index >= 15 is 0 Å². The van der Waals surface area contributed by atoms with Crippen LogP contribution in [0.15, 0.2) is 34.7 Å². The fourth-order valence-corrected chi connectivity index (χ4v) is 3.39. The van der Waals surface area contributed by atoms with Crippen molar-refractivity contribution in [3.63, 3.8) is 0 Å². The van der Waals surface area contributed by atoms with Crippen LogP contribution in [0.5, 0.6) is 0 Å². The lowest BCUT2D eigenvalue weighted by Crippen LogP contribution is -2.33. The molecule has 1 aliphatic carbocycles. The smallest absolute Gasteiger partial charge is 0.230 e. The first-order valence-corrected chi connectivity index (χ1v) is 7.50. The van der Waals surface area contributed by atoms with Crippen molar-refractivity contribution in [3.8, 4) is 0 Å². The number of nitrogens with zero attached hydrogens (tertiary/aromatic N) is 1. The summed E-state index contributed by atoms with van der Waals surface area (Å²) >= 11 is 1.72. The van der Waals surface area contributed by atoms with Gasteiger partial charge in [0.15, 0.2) is 0 Å². The van der Waals surface area contributed by atoms with Gasteiger partial charge in [0.1, 0.15) is 0 Å². The van der Waals surface area contributed by atoms with Gasteiger partial charge in [0.05, 0.1) is 12.5 Å². The molecule has 2 rings (SSSR count). The zero-order chi connectivity index (χ0) is 14.0. The van der Waals surface area contributed by atoms with Gasteiger partial charge in [-0.3, -0.25) is 4.79 Å². The van der Waals surface area contributed by atoms with Crippen LogP contribution in [-0.4, -0.2) is 17.9 Å². The van der Waals surface area contributed by atoms with E-state index in [2.05, 4.69) is 44.4 Å². The Kier molecular flexibility index (Phi) is 4.25. The molecule has 1 aliphatic rings. The van der Waals surface area contributed by atoms with Crippen molar-refractivity contribution in [1.29, 1.82) is 0 Å². The summed E-state index contributed by atoms with van der Waals surface area (Å²) in [6, 6.07) is 2.11. The SMILES string of the molecule is CC1=CCC(C(=O)N(C)Cc2sccc2C)C(C)=C1. The second-order valence-electron chi connectivity index (χ2n) is 5.35. The Hall–Kier alpha value is -1.35. The number of thiophene rings is 1. The van der Waals surface area contributed by atoms with Gasteiger partial charge in [0, 0.05) is 11.9 Å². The molecule has 0 radical (unpaired) electrons. The number of allylic oxidation sites excluding steroid dienone is 3. The molecule has 0 aliphatic heterocycles. The van der Waals surface area contributed by atoms with Gasteiger partial charge in [0.2, 0.25) is 5.91 Å². The molecule has 1 unspecified atom stereocenters. The molecule has 0 aromatic carbocycles. The summed E-state index contributed by atoms with van der Waals surface area (Å²) in [6.45, 7) is 6.96. The molecule has 1 aromatic rings. The Labute approximate surface area is 119 Å². The summed E-state index contributed by atoms with van der Waals surface area (Å²) in [6.07, 6.45) is 5.11. The Balaban J connectivity index is 2.04. The number of carbonyl (C=O) groups is 1. The maximum absolute atomic E-state index is 12.5. The van der Waals surface area contributed by atoms with E-state index in [1.54, 1.807) is 11.3 Å². The molecule has 1 aromatic heterocycles. The van der Waals surface area contributed by atoms with E-state index in [1.165, 1.54) is 21.6 Å². The van der Waals surface area contributed by atoms with Gasteiger partial charge >= 0.3 is 0 Å². The zero-order valence-corrected chi connectivity index (χ0v) is 12.9. The largest absolute Gasteiger partial charge is 0.340 e. The third-order valence-electron chi connectivity index (χ3n) is 3.70. The van der Waals surface area contributed by atoms with Gasteiger partial charge in [-0.1, -0.05) is 23.3 Å². The van der Waals surface area contributed by atoms with Crippen LogP contribution < -0.4 is 0 Å². The Bertz CT molecular complexity index is 539. The van der Waals surface area contributed by atoms with Gasteiger partial charge in [-0.15, -0.1) is 11.3 Å². The van der Waals surface area contributed by atoms with Crippen molar-refractivity contribution in [3.05, 3.63) is 45.2 Å². The Morgan fingerprint density at radius 2 is 2.16 bits per heavy atom. The number of rotatable bonds is 3. The van der Waals surface area contributed by atoms with Crippen LogP contribution in [0.4, 0.5) is 0 Å². The molecule has 1 atom stereocenters. The van der Waals surface area contributed by atoms with Crippen molar-refractivity contribution in [2.75, 3.05) is 7.05 Å². The summed E-state index contributed by atoms with van der Waals surface area (Å²) in [4.78, 5) is 15.6. The molecule has 19 heavy (non-hydrogen) atoms. The molecule has 1 amide bonds. The normalized spacial score (nSPS) is 18.8. The lowest BCUT2D eigenvalue weighted by Gasteiger charge is -2.25. The minimum Gasteiger partial charge on any atom is -0.340 e. The van der Waals surface area contributed by atoms with E-state index in [-0.39, 0.29) is 11.8 Å².